The van der Waals surface area contributed by atoms with E-state index in [9.17, 15) is 9.59 Å². The Morgan fingerprint density at radius 1 is 1.13 bits per heavy atom. The number of fused-ring (bicyclic) bond motifs is 3. The minimum absolute atomic E-state index is 0.120. The van der Waals surface area contributed by atoms with Gasteiger partial charge in [-0.3, -0.25) is 14.5 Å². The van der Waals surface area contributed by atoms with E-state index in [1.54, 1.807) is 4.90 Å². The summed E-state index contributed by atoms with van der Waals surface area (Å²) in [5.41, 5.74) is 3.39. The molecule has 4 rings (SSSR count). The van der Waals surface area contributed by atoms with Crippen LogP contribution in [0.25, 0.3) is 10.9 Å². The van der Waals surface area contributed by atoms with E-state index in [-0.39, 0.29) is 11.8 Å². The van der Waals surface area contributed by atoms with Crippen molar-refractivity contribution in [3.8, 4) is 0 Å². The molecular weight excluding hydrogens is 386 g/mol. The standard InChI is InChI=1S/C26H31N3O2/c1-17(2)12-13-27-25(31)26(5)16-28-21-9-7-6-8-20(21)15-23(28)24(30)29(26)22-14-18(3)10-11-19(22)4/h6-11,14-15,17H,12-13,16H2,1-5H3,(H,27,31)/t26-/m0/s1. The first-order valence-corrected chi connectivity index (χ1v) is 11.0. The molecular formula is C26H31N3O2. The SMILES string of the molecule is Cc1ccc(C)c(N2C(=O)c3cc4ccccc4n3C[C@@]2(C)C(=O)NCCC(C)C)c1. The maximum atomic E-state index is 13.9. The number of hydrogen-bond donors (Lipinski definition) is 1. The Morgan fingerprint density at radius 3 is 2.61 bits per heavy atom. The number of aryl methyl sites for hydroxylation is 2. The van der Waals surface area contributed by atoms with Gasteiger partial charge in [0.25, 0.3) is 5.91 Å². The first kappa shape index (κ1) is 21.2. The first-order chi connectivity index (χ1) is 14.7. The fourth-order valence-corrected chi connectivity index (χ4v) is 4.45. The van der Waals surface area contributed by atoms with Gasteiger partial charge in [-0.2, -0.15) is 0 Å². The van der Waals surface area contributed by atoms with Crippen LogP contribution in [0.4, 0.5) is 5.69 Å². The molecule has 5 nitrogen and oxygen atoms in total. The summed E-state index contributed by atoms with van der Waals surface area (Å²) in [6.07, 6.45) is 0.900. The summed E-state index contributed by atoms with van der Waals surface area (Å²) in [6.45, 7) is 11.2. The summed E-state index contributed by atoms with van der Waals surface area (Å²) in [6, 6.07) is 15.9. The lowest BCUT2D eigenvalue weighted by Crippen LogP contribution is -2.64. The average molecular weight is 418 g/mol. The minimum atomic E-state index is -1.04. The Bertz CT molecular complexity index is 1160. The minimum Gasteiger partial charge on any atom is -0.354 e. The number of nitrogens with zero attached hydrogens (tertiary/aromatic N) is 2. The molecule has 0 aliphatic carbocycles. The molecule has 1 atom stereocenters. The van der Waals surface area contributed by atoms with Gasteiger partial charge in [0.05, 0.1) is 6.54 Å². The van der Waals surface area contributed by atoms with Gasteiger partial charge in [-0.1, -0.05) is 44.2 Å². The van der Waals surface area contributed by atoms with E-state index in [1.807, 2.05) is 73.9 Å². The maximum absolute atomic E-state index is 13.9. The van der Waals surface area contributed by atoms with Crippen molar-refractivity contribution in [1.82, 2.24) is 9.88 Å². The summed E-state index contributed by atoms with van der Waals surface area (Å²) in [5.74, 6) is 0.236. The molecule has 2 heterocycles. The van der Waals surface area contributed by atoms with Crippen LogP contribution in [0.5, 0.6) is 0 Å². The lowest BCUT2D eigenvalue weighted by Gasteiger charge is -2.44. The quantitative estimate of drug-likeness (QED) is 0.646. The van der Waals surface area contributed by atoms with Gasteiger partial charge in [-0.05, 0) is 62.4 Å². The molecule has 1 aromatic heterocycles. The summed E-state index contributed by atoms with van der Waals surface area (Å²) in [7, 11) is 0. The largest absolute Gasteiger partial charge is 0.354 e. The summed E-state index contributed by atoms with van der Waals surface area (Å²) >= 11 is 0. The molecule has 1 aliphatic rings. The smallest absolute Gasteiger partial charge is 0.275 e. The van der Waals surface area contributed by atoms with Gasteiger partial charge >= 0.3 is 0 Å². The lowest BCUT2D eigenvalue weighted by atomic mass is 9.92. The number of para-hydroxylation sites is 1. The highest BCUT2D eigenvalue weighted by Crippen LogP contribution is 2.37. The van der Waals surface area contributed by atoms with Crippen molar-refractivity contribution in [1.29, 1.82) is 0 Å². The van der Waals surface area contributed by atoms with Crippen LogP contribution in [0.15, 0.2) is 48.5 Å². The van der Waals surface area contributed by atoms with Gasteiger partial charge < -0.3 is 9.88 Å². The first-order valence-electron chi connectivity index (χ1n) is 11.0. The van der Waals surface area contributed by atoms with Gasteiger partial charge in [0, 0.05) is 23.1 Å². The highest BCUT2D eigenvalue weighted by atomic mass is 16.2. The molecule has 2 aromatic carbocycles. The van der Waals surface area contributed by atoms with Crippen molar-refractivity contribution >= 4 is 28.4 Å². The zero-order valence-electron chi connectivity index (χ0n) is 19.0. The molecule has 0 bridgehead atoms. The number of benzene rings is 2. The van der Waals surface area contributed by atoms with Crippen molar-refractivity contribution in [2.75, 3.05) is 11.4 Å². The van der Waals surface area contributed by atoms with Crippen molar-refractivity contribution in [3.05, 3.63) is 65.4 Å². The second kappa shape index (κ2) is 7.88. The predicted molar refractivity (Wildman–Crippen MR) is 126 cm³/mol. The van der Waals surface area contributed by atoms with Crippen molar-refractivity contribution in [2.24, 2.45) is 5.92 Å². The zero-order valence-corrected chi connectivity index (χ0v) is 19.0. The topological polar surface area (TPSA) is 54.3 Å². The van der Waals surface area contributed by atoms with Crippen LogP contribution < -0.4 is 10.2 Å². The summed E-state index contributed by atoms with van der Waals surface area (Å²) < 4.78 is 2.00. The van der Waals surface area contributed by atoms with Crippen LogP contribution in [0.2, 0.25) is 0 Å². The van der Waals surface area contributed by atoms with Crippen LogP contribution >= 0.6 is 0 Å². The number of amides is 2. The van der Waals surface area contributed by atoms with E-state index in [2.05, 4.69) is 19.2 Å². The monoisotopic (exact) mass is 417 g/mol. The van der Waals surface area contributed by atoms with E-state index in [0.29, 0.717) is 24.7 Å². The van der Waals surface area contributed by atoms with Gasteiger partial charge in [0.15, 0.2) is 0 Å². The summed E-state index contributed by atoms with van der Waals surface area (Å²) in [5, 5.41) is 4.11. The Hall–Kier alpha value is -3.08. The maximum Gasteiger partial charge on any atom is 0.275 e. The second-order valence-corrected chi connectivity index (χ2v) is 9.32. The van der Waals surface area contributed by atoms with Crippen molar-refractivity contribution in [3.63, 3.8) is 0 Å². The highest BCUT2D eigenvalue weighted by Gasteiger charge is 2.48. The molecule has 31 heavy (non-hydrogen) atoms. The van der Waals surface area contributed by atoms with Gasteiger partial charge in [0.1, 0.15) is 11.2 Å². The van der Waals surface area contributed by atoms with Gasteiger partial charge in [0.2, 0.25) is 5.91 Å². The molecule has 3 aromatic rings. The van der Waals surface area contributed by atoms with Crippen LogP contribution in [0.3, 0.4) is 0 Å². The predicted octanol–water partition coefficient (Wildman–Crippen LogP) is 4.84. The molecule has 162 valence electrons. The van der Waals surface area contributed by atoms with Crippen LogP contribution in [-0.2, 0) is 11.3 Å². The number of anilines is 1. The fourth-order valence-electron chi connectivity index (χ4n) is 4.45. The number of carbonyl (C=O) groups excluding carboxylic acids is 2. The third-order valence-electron chi connectivity index (χ3n) is 6.29. The lowest BCUT2D eigenvalue weighted by molar-refractivity contribution is -0.126. The van der Waals surface area contributed by atoms with E-state index in [0.717, 1.165) is 34.1 Å². The molecule has 1 aliphatic heterocycles. The molecule has 0 spiro atoms. The normalized spacial score (nSPS) is 18.5. The van der Waals surface area contributed by atoms with E-state index < -0.39 is 5.54 Å². The molecule has 0 radical (unpaired) electrons. The Labute approximate surface area is 184 Å². The molecule has 1 N–H and O–H groups in total. The number of aromatic nitrogens is 1. The molecule has 5 heteroatoms. The van der Waals surface area contributed by atoms with E-state index >= 15 is 0 Å². The highest BCUT2D eigenvalue weighted by molar-refractivity contribution is 6.14. The molecule has 0 saturated heterocycles. The number of nitrogens with one attached hydrogen (secondary N) is 1. The molecule has 0 saturated carbocycles. The Kier molecular flexibility index (Phi) is 5.38. The summed E-state index contributed by atoms with van der Waals surface area (Å²) in [4.78, 5) is 29.2. The Morgan fingerprint density at radius 2 is 1.87 bits per heavy atom. The van der Waals surface area contributed by atoms with Crippen LogP contribution in [0.1, 0.15) is 48.8 Å². The molecule has 2 amide bonds. The third kappa shape index (κ3) is 3.62. The number of carbonyl (C=O) groups is 2. The van der Waals surface area contributed by atoms with Crippen molar-refractivity contribution in [2.45, 2.75) is 53.1 Å². The van der Waals surface area contributed by atoms with Crippen LogP contribution in [-0.4, -0.2) is 28.5 Å². The molecule has 0 unspecified atom stereocenters. The van der Waals surface area contributed by atoms with Crippen molar-refractivity contribution < 1.29 is 9.59 Å². The Balaban J connectivity index is 1.85. The van der Waals surface area contributed by atoms with E-state index in [4.69, 9.17) is 0 Å². The van der Waals surface area contributed by atoms with Gasteiger partial charge in [-0.15, -0.1) is 0 Å². The fraction of sp³-hybridized carbons (Fsp3) is 0.385. The average Bonchev–Trinajstić information content (AvgIpc) is 3.09. The third-order valence-corrected chi connectivity index (χ3v) is 6.29. The van der Waals surface area contributed by atoms with Gasteiger partial charge in [-0.25, -0.2) is 0 Å². The molecule has 0 fully saturated rings. The zero-order chi connectivity index (χ0) is 22.3. The van der Waals surface area contributed by atoms with E-state index in [1.165, 1.54) is 0 Å². The number of hydrogen-bond acceptors (Lipinski definition) is 2. The number of rotatable bonds is 5. The second-order valence-electron chi connectivity index (χ2n) is 9.32. The van der Waals surface area contributed by atoms with Crippen LogP contribution in [0, 0.1) is 19.8 Å².